The number of aryl methyl sites for hydroxylation is 2. The van der Waals surface area contributed by atoms with Crippen LogP contribution in [0.1, 0.15) is 23.4 Å². The van der Waals surface area contributed by atoms with Crippen molar-refractivity contribution in [2.45, 2.75) is 26.3 Å². The standard InChI is InChI=1S/C15H16FN3O/c1-11-5-7-14(19-18-11)10-17-15(20)8-6-12-3-2-4-13(16)9-12/h2-5,7,9H,6,8,10H2,1H3,(H,17,20). The summed E-state index contributed by atoms with van der Waals surface area (Å²) < 4.78 is 13.0. The lowest BCUT2D eigenvalue weighted by molar-refractivity contribution is -0.121. The van der Waals surface area contributed by atoms with Crippen LogP contribution in [-0.4, -0.2) is 16.1 Å². The van der Waals surface area contributed by atoms with Crippen molar-refractivity contribution >= 4 is 5.91 Å². The molecule has 20 heavy (non-hydrogen) atoms. The number of halogens is 1. The summed E-state index contributed by atoms with van der Waals surface area (Å²) >= 11 is 0. The highest BCUT2D eigenvalue weighted by molar-refractivity contribution is 5.76. The van der Waals surface area contributed by atoms with E-state index in [1.54, 1.807) is 6.07 Å². The fraction of sp³-hybridized carbons (Fsp3) is 0.267. The number of hydrogen-bond acceptors (Lipinski definition) is 3. The summed E-state index contributed by atoms with van der Waals surface area (Å²) in [5.74, 6) is -0.366. The molecule has 0 saturated carbocycles. The zero-order valence-corrected chi connectivity index (χ0v) is 11.3. The maximum Gasteiger partial charge on any atom is 0.220 e. The van der Waals surface area contributed by atoms with E-state index in [1.807, 2.05) is 25.1 Å². The normalized spacial score (nSPS) is 10.3. The Morgan fingerprint density at radius 2 is 2.10 bits per heavy atom. The highest BCUT2D eigenvalue weighted by Gasteiger charge is 2.04. The number of benzene rings is 1. The minimum atomic E-state index is -0.280. The molecule has 0 aliphatic rings. The van der Waals surface area contributed by atoms with E-state index in [-0.39, 0.29) is 11.7 Å². The summed E-state index contributed by atoms with van der Waals surface area (Å²) in [6, 6.07) is 9.96. The van der Waals surface area contributed by atoms with Gasteiger partial charge in [0.25, 0.3) is 0 Å². The highest BCUT2D eigenvalue weighted by atomic mass is 19.1. The third-order valence-corrected chi connectivity index (χ3v) is 2.85. The molecular weight excluding hydrogens is 257 g/mol. The largest absolute Gasteiger partial charge is 0.350 e. The molecule has 1 heterocycles. The van der Waals surface area contributed by atoms with Crippen LogP contribution in [0.5, 0.6) is 0 Å². The van der Waals surface area contributed by atoms with Gasteiger partial charge in [0.2, 0.25) is 5.91 Å². The quantitative estimate of drug-likeness (QED) is 0.908. The van der Waals surface area contributed by atoms with Gasteiger partial charge in [0, 0.05) is 6.42 Å². The third kappa shape index (κ3) is 4.42. The van der Waals surface area contributed by atoms with Gasteiger partial charge in [0.15, 0.2) is 0 Å². The summed E-state index contributed by atoms with van der Waals surface area (Å²) in [6.07, 6.45) is 0.839. The summed E-state index contributed by atoms with van der Waals surface area (Å²) in [4.78, 5) is 11.7. The predicted molar refractivity (Wildman–Crippen MR) is 73.3 cm³/mol. The second-order valence-corrected chi connectivity index (χ2v) is 4.57. The van der Waals surface area contributed by atoms with Gasteiger partial charge >= 0.3 is 0 Å². The SMILES string of the molecule is Cc1ccc(CNC(=O)CCc2cccc(F)c2)nn1. The molecule has 0 atom stereocenters. The Morgan fingerprint density at radius 1 is 1.25 bits per heavy atom. The van der Waals surface area contributed by atoms with Crippen molar-refractivity contribution in [2.75, 3.05) is 0 Å². The summed E-state index contributed by atoms with van der Waals surface area (Å²) in [5.41, 5.74) is 2.37. The molecule has 0 spiro atoms. The van der Waals surface area contributed by atoms with Crippen molar-refractivity contribution in [2.24, 2.45) is 0 Å². The Morgan fingerprint density at radius 3 is 2.80 bits per heavy atom. The van der Waals surface area contributed by atoms with Gasteiger partial charge in [-0.1, -0.05) is 12.1 Å². The second kappa shape index (κ2) is 6.75. The molecule has 104 valence electrons. The Bertz CT molecular complexity index is 584. The van der Waals surface area contributed by atoms with Gasteiger partial charge in [0.1, 0.15) is 5.82 Å². The molecule has 5 heteroatoms. The van der Waals surface area contributed by atoms with E-state index in [4.69, 9.17) is 0 Å². The zero-order valence-electron chi connectivity index (χ0n) is 11.3. The van der Waals surface area contributed by atoms with E-state index in [2.05, 4.69) is 15.5 Å². The number of nitrogens with one attached hydrogen (secondary N) is 1. The number of nitrogens with zero attached hydrogens (tertiary/aromatic N) is 2. The van der Waals surface area contributed by atoms with E-state index < -0.39 is 0 Å². The van der Waals surface area contributed by atoms with Gasteiger partial charge < -0.3 is 5.32 Å². The molecule has 0 aliphatic heterocycles. The van der Waals surface area contributed by atoms with E-state index in [1.165, 1.54) is 12.1 Å². The van der Waals surface area contributed by atoms with Gasteiger partial charge in [-0.25, -0.2) is 4.39 Å². The van der Waals surface area contributed by atoms with Crippen LogP contribution < -0.4 is 5.32 Å². The fourth-order valence-corrected chi connectivity index (χ4v) is 1.75. The minimum Gasteiger partial charge on any atom is -0.350 e. The molecular formula is C15H16FN3O. The molecule has 0 aliphatic carbocycles. The summed E-state index contributed by atoms with van der Waals surface area (Å²) in [5, 5.41) is 10.7. The maximum absolute atomic E-state index is 13.0. The molecule has 2 rings (SSSR count). The first-order chi connectivity index (χ1) is 9.63. The summed E-state index contributed by atoms with van der Waals surface area (Å²) in [7, 11) is 0. The van der Waals surface area contributed by atoms with E-state index >= 15 is 0 Å². The molecule has 1 N–H and O–H groups in total. The van der Waals surface area contributed by atoms with Crippen LogP contribution in [0, 0.1) is 12.7 Å². The average Bonchev–Trinajstić information content (AvgIpc) is 2.45. The Balaban J connectivity index is 1.77. The minimum absolute atomic E-state index is 0.0864. The van der Waals surface area contributed by atoms with Crippen LogP contribution in [0.2, 0.25) is 0 Å². The van der Waals surface area contributed by atoms with Crippen molar-refractivity contribution in [1.29, 1.82) is 0 Å². The van der Waals surface area contributed by atoms with Crippen LogP contribution >= 0.6 is 0 Å². The van der Waals surface area contributed by atoms with E-state index in [0.717, 1.165) is 17.0 Å². The van der Waals surface area contributed by atoms with Crippen molar-refractivity contribution in [3.05, 3.63) is 59.2 Å². The number of rotatable bonds is 5. The molecule has 1 amide bonds. The lowest BCUT2D eigenvalue weighted by Crippen LogP contribution is -2.23. The average molecular weight is 273 g/mol. The highest BCUT2D eigenvalue weighted by Crippen LogP contribution is 2.06. The van der Waals surface area contributed by atoms with Crippen LogP contribution in [0.4, 0.5) is 4.39 Å². The monoisotopic (exact) mass is 273 g/mol. The fourth-order valence-electron chi connectivity index (χ4n) is 1.75. The van der Waals surface area contributed by atoms with Gasteiger partial charge in [-0.3, -0.25) is 4.79 Å². The topological polar surface area (TPSA) is 54.9 Å². The first-order valence-corrected chi connectivity index (χ1v) is 6.44. The van der Waals surface area contributed by atoms with Gasteiger partial charge in [-0.05, 0) is 43.2 Å². The van der Waals surface area contributed by atoms with Gasteiger partial charge in [-0.2, -0.15) is 10.2 Å². The molecule has 2 aromatic rings. The van der Waals surface area contributed by atoms with E-state index in [9.17, 15) is 9.18 Å². The summed E-state index contributed by atoms with van der Waals surface area (Å²) in [6.45, 7) is 2.21. The first kappa shape index (κ1) is 14.1. The van der Waals surface area contributed by atoms with Crippen LogP contribution in [0.25, 0.3) is 0 Å². The van der Waals surface area contributed by atoms with Crippen molar-refractivity contribution < 1.29 is 9.18 Å². The first-order valence-electron chi connectivity index (χ1n) is 6.44. The molecule has 4 nitrogen and oxygen atoms in total. The molecule has 0 unspecified atom stereocenters. The number of carbonyl (C=O) groups is 1. The number of hydrogen-bond donors (Lipinski definition) is 1. The lowest BCUT2D eigenvalue weighted by atomic mass is 10.1. The molecule has 1 aromatic carbocycles. The zero-order chi connectivity index (χ0) is 14.4. The van der Waals surface area contributed by atoms with Crippen molar-refractivity contribution in [3.8, 4) is 0 Å². The molecule has 0 fully saturated rings. The van der Waals surface area contributed by atoms with Crippen LogP contribution in [-0.2, 0) is 17.8 Å². The molecule has 0 radical (unpaired) electrons. The maximum atomic E-state index is 13.0. The Labute approximate surface area is 117 Å². The van der Waals surface area contributed by atoms with Gasteiger partial charge in [-0.15, -0.1) is 0 Å². The predicted octanol–water partition coefficient (Wildman–Crippen LogP) is 2.17. The van der Waals surface area contributed by atoms with Crippen LogP contribution in [0.15, 0.2) is 36.4 Å². The van der Waals surface area contributed by atoms with Crippen molar-refractivity contribution in [1.82, 2.24) is 15.5 Å². The molecule has 0 bridgehead atoms. The Hall–Kier alpha value is -2.30. The number of amides is 1. The van der Waals surface area contributed by atoms with Crippen LogP contribution in [0.3, 0.4) is 0 Å². The van der Waals surface area contributed by atoms with E-state index in [0.29, 0.717) is 19.4 Å². The lowest BCUT2D eigenvalue weighted by Gasteiger charge is -2.05. The Kier molecular flexibility index (Phi) is 4.76. The van der Waals surface area contributed by atoms with Gasteiger partial charge in [0.05, 0.1) is 17.9 Å². The second-order valence-electron chi connectivity index (χ2n) is 4.57. The molecule has 0 saturated heterocycles. The molecule has 1 aromatic heterocycles. The smallest absolute Gasteiger partial charge is 0.220 e. The van der Waals surface area contributed by atoms with Crippen molar-refractivity contribution in [3.63, 3.8) is 0 Å². The number of carbonyl (C=O) groups excluding carboxylic acids is 1. The third-order valence-electron chi connectivity index (χ3n) is 2.85. The number of aromatic nitrogens is 2.